The maximum atomic E-state index is 12.1. The van der Waals surface area contributed by atoms with E-state index in [1.54, 1.807) is 27.7 Å². The van der Waals surface area contributed by atoms with Crippen molar-refractivity contribution in [1.29, 1.82) is 0 Å². The van der Waals surface area contributed by atoms with Crippen LogP contribution < -0.4 is 0 Å². The minimum Gasteiger partial charge on any atom is -0.465 e. The fraction of sp³-hybridized carbons (Fsp3) is 0.824. The van der Waals surface area contributed by atoms with Crippen LogP contribution in [0.4, 0.5) is 4.79 Å². The monoisotopic (exact) mass is 361 g/mol. The topological polar surface area (TPSA) is 102 Å². The molecule has 0 radical (unpaired) electrons. The van der Waals surface area contributed by atoms with Gasteiger partial charge in [0, 0.05) is 32.0 Å². The Bertz CT molecular complexity index is 433. The van der Waals surface area contributed by atoms with Gasteiger partial charge in [-0.2, -0.15) is 0 Å². The average Bonchev–Trinajstić information content (AvgIpc) is 2.51. The van der Waals surface area contributed by atoms with Crippen molar-refractivity contribution in [2.45, 2.75) is 46.1 Å². The Labute approximate surface area is 149 Å². The lowest BCUT2D eigenvalue weighted by Gasteiger charge is -2.27. The van der Waals surface area contributed by atoms with Crippen molar-refractivity contribution in [2.24, 2.45) is 5.41 Å². The van der Waals surface area contributed by atoms with Gasteiger partial charge < -0.3 is 29.0 Å². The number of hydrogen-bond acceptors (Lipinski definition) is 7. The van der Waals surface area contributed by atoms with Crippen molar-refractivity contribution in [2.75, 3.05) is 40.0 Å². The third-order valence-corrected chi connectivity index (χ3v) is 3.21. The van der Waals surface area contributed by atoms with E-state index >= 15 is 0 Å². The first-order valence-corrected chi connectivity index (χ1v) is 8.24. The third kappa shape index (κ3) is 10.7. The van der Waals surface area contributed by atoms with Crippen molar-refractivity contribution in [3.05, 3.63) is 0 Å². The van der Waals surface area contributed by atoms with E-state index in [0.29, 0.717) is 6.29 Å². The molecule has 0 aliphatic carbocycles. The number of hydrogen-bond donors (Lipinski definition) is 1. The molecule has 0 aliphatic heterocycles. The average molecular weight is 361 g/mol. The van der Waals surface area contributed by atoms with Crippen LogP contribution in [0.3, 0.4) is 0 Å². The van der Waals surface area contributed by atoms with E-state index in [1.807, 2.05) is 0 Å². The van der Waals surface area contributed by atoms with Gasteiger partial charge in [-0.1, -0.05) is 6.92 Å². The van der Waals surface area contributed by atoms with E-state index in [1.165, 1.54) is 12.0 Å². The molecule has 0 aromatic heterocycles. The number of carbonyl (C=O) groups is 3. The summed E-state index contributed by atoms with van der Waals surface area (Å²) in [6, 6.07) is 0. The molecule has 0 bridgehead atoms. The van der Waals surface area contributed by atoms with Gasteiger partial charge in [0.25, 0.3) is 0 Å². The standard InChI is InChI=1S/C17H31NO7/c1-16(2,3)25-15(22)18(8-6-10-19)9-7-14(21)24-13-17(4,11-20)12-23-5/h10,20H,6-9,11-13H2,1-5H3. The fourth-order valence-electron chi connectivity index (χ4n) is 1.86. The molecule has 1 N–H and O–H groups in total. The first-order valence-electron chi connectivity index (χ1n) is 8.24. The molecule has 1 amide bonds. The molecule has 8 nitrogen and oxygen atoms in total. The number of aldehydes is 1. The predicted molar refractivity (Wildman–Crippen MR) is 91.1 cm³/mol. The molecule has 1 unspecified atom stereocenters. The highest BCUT2D eigenvalue weighted by Gasteiger charge is 2.26. The van der Waals surface area contributed by atoms with Crippen molar-refractivity contribution in [3.8, 4) is 0 Å². The lowest BCUT2D eigenvalue weighted by molar-refractivity contribution is -0.149. The van der Waals surface area contributed by atoms with Crippen molar-refractivity contribution in [3.63, 3.8) is 0 Å². The highest BCUT2D eigenvalue weighted by molar-refractivity contribution is 5.72. The van der Waals surface area contributed by atoms with E-state index in [0.717, 1.165) is 0 Å². The minimum absolute atomic E-state index is 0.0109. The summed E-state index contributed by atoms with van der Waals surface area (Å²) in [6.45, 7) is 7.29. The van der Waals surface area contributed by atoms with Crippen molar-refractivity contribution >= 4 is 18.3 Å². The molecule has 0 fully saturated rings. The van der Waals surface area contributed by atoms with Gasteiger partial charge in [0.1, 0.15) is 18.5 Å². The summed E-state index contributed by atoms with van der Waals surface area (Å²) >= 11 is 0. The van der Waals surface area contributed by atoms with E-state index in [2.05, 4.69) is 0 Å². The molecular formula is C17H31NO7. The van der Waals surface area contributed by atoms with Gasteiger partial charge in [0.2, 0.25) is 0 Å². The largest absolute Gasteiger partial charge is 0.465 e. The molecule has 0 heterocycles. The van der Waals surface area contributed by atoms with Gasteiger partial charge >= 0.3 is 12.1 Å². The minimum atomic E-state index is -0.674. The second-order valence-corrected chi connectivity index (χ2v) is 7.24. The first-order chi connectivity index (χ1) is 11.6. The molecule has 1 atom stereocenters. The first kappa shape index (κ1) is 23.3. The van der Waals surface area contributed by atoms with Gasteiger partial charge in [-0.3, -0.25) is 4.79 Å². The summed E-state index contributed by atoms with van der Waals surface area (Å²) in [5.41, 5.74) is -1.34. The Kier molecular flexibility index (Phi) is 10.3. The van der Waals surface area contributed by atoms with E-state index in [9.17, 15) is 19.5 Å². The SMILES string of the molecule is COCC(C)(CO)COC(=O)CCN(CCC=O)C(=O)OC(C)(C)C. The van der Waals surface area contributed by atoms with Crippen LogP contribution >= 0.6 is 0 Å². The van der Waals surface area contributed by atoms with Gasteiger partial charge in [0.05, 0.1) is 19.6 Å². The maximum absolute atomic E-state index is 12.1. The molecule has 0 aliphatic rings. The van der Waals surface area contributed by atoms with Gasteiger partial charge in [-0.25, -0.2) is 4.79 Å². The number of esters is 1. The Morgan fingerprint density at radius 3 is 2.24 bits per heavy atom. The number of methoxy groups -OCH3 is 1. The molecule has 0 aromatic carbocycles. The molecule has 0 saturated carbocycles. The Morgan fingerprint density at radius 2 is 1.76 bits per heavy atom. The van der Waals surface area contributed by atoms with Crippen LogP contribution in [0.5, 0.6) is 0 Å². The summed E-state index contributed by atoms with van der Waals surface area (Å²) in [4.78, 5) is 35.9. The molecule has 25 heavy (non-hydrogen) atoms. The summed E-state index contributed by atoms with van der Waals surface area (Å²) in [5, 5.41) is 9.35. The molecule has 8 heteroatoms. The maximum Gasteiger partial charge on any atom is 0.410 e. The van der Waals surface area contributed by atoms with Crippen LogP contribution in [0.2, 0.25) is 0 Å². The fourth-order valence-corrected chi connectivity index (χ4v) is 1.86. The lowest BCUT2D eigenvalue weighted by Crippen LogP contribution is -2.39. The molecular weight excluding hydrogens is 330 g/mol. The zero-order valence-electron chi connectivity index (χ0n) is 15.9. The van der Waals surface area contributed by atoms with Crippen LogP contribution in [0.25, 0.3) is 0 Å². The van der Waals surface area contributed by atoms with Crippen LogP contribution in [-0.2, 0) is 23.8 Å². The van der Waals surface area contributed by atoms with Crippen LogP contribution in [0, 0.1) is 5.41 Å². The summed E-state index contributed by atoms with van der Waals surface area (Å²) in [6.07, 6.45) is 0.242. The summed E-state index contributed by atoms with van der Waals surface area (Å²) in [5.74, 6) is -0.504. The lowest BCUT2D eigenvalue weighted by atomic mass is 9.94. The second-order valence-electron chi connectivity index (χ2n) is 7.24. The number of carbonyl (C=O) groups excluding carboxylic acids is 3. The highest BCUT2D eigenvalue weighted by Crippen LogP contribution is 2.16. The number of aliphatic hydroxyl groups is 1. The zero-order chi connectivity index (χ0) is 19.5. The van der Waals surface area contributed by atoms with Crippen molar-refractivity contribution < 1.29 is 33.7 Å². The molecule has 0 saturated heterocycles. The van der Waals surface area contributed by atoms with Gasteiger partial charge in [0.15, 0.2) is 0 Å². The summed E-state index contributed by atoms with van der Waals surface area (Å²) < 4.78 is 15.4. The summed E-state index contributed by atoms with van der Waals surface area (Å²) in [7, 11) is 1.50. The van der Waals surface area contributed by atoms with Crippen LogP contribution in [-0.4, -0.2) is 74.0 Å². The number of amides is 1. The smallest absolute Gasteiger partial charge is 0.410 e. The Hall–Kier alpha value is -1.67. The van der Waals surface area contributed by atoms with E-state index in [4.69, 9.17) is 14.2 Å². The molecule has 0 aromatic rings. The number of rotatable bonds is 11. The second kappa shape index (κ2) is 11.0. The van der Waals surface area contributed by atoms with Gasteiger partial charge in [-0.15, -0.1) is 0 Å². The van der Waals surface area contributed by atoms with E-state index in [-0.39, 0.29) is 45.8 Å². The Balaban J connectivity index is 4.54. The van der Waals surface area contributed by atoms with E-state index < -0.39 is 23.1 Å². The Morgan fingerprint density at radius 1 is 1.12 bits per heavy atom. The number of nitrogens with zero attached hydrogens (tertiary/aromatic N) is 1. The van der Waals surface area contributed by atoms with Crippen molar-refractivity contribution in [1.82, 2.24) is 4.90 Å². The highest BCUT2D eigenvalue weighted by atomic mass is 16.6. The normalized spacial score (nSPS) is 13.7. The predicted octanol–water partition coefficient (Wildman–Crippen LogP) is 1.39. The number of ether oxygens (including phenoxy) is 3. The number of aliphatic hydroxyl groups excluding tert-OH is 1. The quantitative estimate of drug-likeness (QED) is 0.438. The molecule has 0 spiro atoms. The molecule has 146 valence electrons. The zero-order valence-corrected chi connectivity index (χ0v) is 15.9. The van der Waals surface area contributed by atoms with Crippen LogP contribution in [0.15, 0.2) is 0 Å². The van der Waals surface area contributed by atoms with Gasteiger partial charge in [-0.05, 0) is 20.8 Å². The molecule has 0 rings (SSSR count). The third-order valence-electron chi connectivity index (χ3n) is 3.21. The van der Waals surface area contributed by atoms with Crippen LogP contribution in [0.1, 0.15) is 40.5 Å².